The van der Waals surface area contributed by atoms with Crippen LogP contribution in [0.25, 0.3) is 0 Å². The molecule has 114 valence electrons. The fraction of sp³-hybridized carbons (Fsp3) is 0.438. The lowest BCUT2D eigenvalue weighted by molar-refractivity contribution is 0.389. The summed E-state index contributed by atoms with van der Waals surface area (Å²) >= 11 is 0. The first-order chi connectivity index (χ1) is 10.3. The predicted octanol–water partition coefficient (Wildman–Crippen LogP) is 2.47. The number of unbranched alkanes of at least 4 members (excludes halogenated alkanes) is 1. The van der Waals surface area contributed by atoms with Crippen LogP contribution in [0.15, 0.2) is 36.9 Å². The first-order valence-electron chi connectivity index (χ1n) is 7.21. The highest BCUT2D eigenvalue weighted by Gasteiger charge is 2.04. The fourth-order valence-corrected chi connectivity index (χ4v) is 2.18. The van der Waals surface area contributed by atoms with Crippen LogP contribution < -0.4 is 14.8 Å². The summed E-state index contributed by atoms with van der Waals surface area (Å²) in [7, 11) is 3.34. The number of nitrogens with one attached hydrogen (secondary N) is 1. The number of methoxy groups -OCH3 is 2. The zero-order chi connectivity index (χ0) is 14.9. The lowest BCUT2D eigenvalue weighted by atomic mass is 10.2. The average molecular weight is 289 g/mol. The van der Waals surface area contributed by atoms with Crippen molar-refractivity contribution < 1.29 is 9.47 Å². The van der Waals surface area contributed by atoms with Crippen molar-refractivity contribution in [1.29, 1.82) is 0 Å². The van der Waals surface area contributed by atoms with Gasteiger partial charge in [0.1, 0.15) is 11.5 Å². The Kier molecular flexibility index (Phi) is 6.09. The second kappa shape index (κ2) is 8.32. The number of hydrogen-bond donors (Lipinski definition) is 1. The number of aryl methyl sites for hydroxylation is 1. The number of nitrogens with zero attached hydrogens (tertiary/aromatic N) is 2. The summed E-state index contributed by atoms with van der Waals surface area (Å²) in [5.41, 5.74) is 1.15. The van der Waals surface area contributed by atoms with Gasteiger partial charge in [-0.3, -0.25) is 0 Å². The molecule has 1 aromatic carbocycles. The average Bonchev–Trinajstić information content (AvgIpc) is 3.04. The summed E-state index contributed by atoms with van der Waals surface area (Å²) in [6.07, 6.45) is 7.94. The van der Waals surface area contributed by atoms with Crippen LogP contribution in [0.4, 0.5) is 0 Å². The first kappa shape index (κ1) is 15.4. The van der Waals surface area contributed by atoms with Gasteiger partial charge in [-0.1, -0.05) is 6.07 Å². The Morgan fingerprint density at radius 3 is 2.81 bits per heavy atom. The van der Waals surface area contributed by atoms with E-state index in [1.807, 2.05) is 36.9 Å². The first-order valence-corrected chi connectivity index (χ1v) is 7.21. The molecule has 0 bridgehead atoms. The monoisotopic (exact) mass is 289 g/mol. The molecular weight excluding hydrogens is 266 g/mol. The van der Waals surface area contributed by atoms with Crippen molar-refractivity contribution in [3.05, 3.63) is 42.5 Å². The molecule has 1 N–H and O–H groups in total. The highest BCUT2D eigenvalue weighted by molar-refractivity contribution is 5.40. The Morgan fingerprint density at radius 2 is 2.10 bits per heavy atom. The summed E-state index contributed by atoms with van der Waals surface area (Å²) in [5, 5.41) is 3.45. The SMILES string of the molecule is COc1ccc(CNCCCCn2ccnc2)c(OC)c1. The standard InChI is InChI=1S/C16H23N3O2/c1-20-15-6-5-14(16(11-15)21-2)12-17-7-3-4-9-19-10-8-18-13-19/h5-6,8,10-11,13,17H,3-4,7,9,12H2,1-2H3. The lowest BCUT2D eigenvalue weighted by Crippen LogP contribution is -2.15. The molecule has 2 rings (SSSR count). The zero-order valence-electron chi connectivity index (χ0n) is 12.7. The van der Waals surface area contributed by atoms with Crippen molar-refractivity contribution in [3.8, 4) is 11.5 Å². The molecular formula is C16H23N3O2. The van der Waals surface area contributed by atoms with E-state index in [1.54, 1.807) is 14.2 Å². The van der Waals surface area contributed by atoms with Gasteiger partial charge in [-0.25, -0.2) is 4.98 Å². The zero-order valence-corrected chi connectivity index (χ0v) is 12.7. The molecule has 5 heteroatoms. The second-order valence-corrected chi connectivity index (χ2v) is 4.86. The van der Waals surface area contributed by atoms with E-state index in [1.165, 1.54) is 0 Å². The van der Waals surface area contributed by atoms with Gasteiger partial charge in [-0.05, 0) is 25.5 Å². The van der Waals surface area contributed by atoms with Crippen molar-refractivity contribution in [2.75, 3.05) is 20.8 Å². The number of ether oxygens (including phenoxy) is 2. The molecule has 0 saturated carbocycles. The minimum atomic E-state index is 0.804. The van der Waals surface area contributed by atoms with Crippen LogP contribution >= 0.6 is 0 Å². The van der Waals surface area contributed by atoms with Crippen LogP contribution in [-0.2, 0) is 13.1 Å². The Balaban J connectivity index is 1.68. The molecule has 21 heavy (non-hydrogen) atoms. The number of benzene rings is 1. The predicted molar refractivity (Wildman–Crippen MR) is 82.7 cm³/mol. The molecule has 0 amide bonds. The minimum Gasteiger partial charge on any atom is -0.497 e. The van der Waals surface area contributed by atoms with Gasteiger partial charge in [-0.15, -0.1) is 0 Å². The number of rotatable bonds is 9. The maximum absolute atomic E-state index is 5.38. The molecule has 0 aliphatic rings. The van der Waals surface area contributed by atoms with Crippen molar-refractivity contribution in [2.24, 2.45) is 0 Å². The molecule has 0 spiro atoms. The van der Waals surface area contributed by atoms with Gasteiger partial charge < -0.3 is 19.4 Å². The summed E-state index contributed by atoms with van der Waals surface area (Å²) in [4.78, 5) is 4.03. The quantitative estimate of drug-likeness (QED) is 0.720. The maximum atomic E-state index is 5.38. The number of imidazole rings is 1. The van der Waals surface area contributed by atoms with Gasteiger partial charge in [0.2, 0.25) is 0 Å². The highest BCUT2D eigenvalue weighted by Crippen LogP contribution is 2.24. The van der Waals surface area contributed by atoms with E-state index in [4.69, 9.17) is 9.47 Å². The molecule has 0 atom stereocenters. The second-order valence-electron chi connectivity index (χ2n) is 4.86. The largest absolute Gasteiger partial charge is 0.497 e. The number of hydrogen-bond acceptors (Lipinski definition) is 4. The molecule has 0 unspecified atom stereocenters. The van der Waals surface area contributed by atoms with Gasteiger partial charge in [-0.2, -0.15) is 0 Å². The summed E-state index contributed by atoms with van der Waals surface area (Å²) < 4.78 is 12.7. The lowest BCUT2D eigenvalue weighted by Gasteiger charge is -2.11. The molecule has 0 fully saturated rings. The Morgan fingerprint density at radius 1 is 1.19 bits per heavy atom. The molecule has 0 radical (unpaired) electrons. The summed E-state index contributed by atoms with van der Waals surface area (Å²) in [5.74, 6) is 1.68. The molecule has 0 aliphatic heterocycles. The smallest absolute Gasteiger partial charge is 0.127 e. The summed E-state index contributed by atoms with van der Waals surface area (Å²) in [6, 6.07) is 5.91. The molecule has 2 aromatic rings. The van der Waals surface area contributed by atoms with E-state index < -0.39 is 0 Å². The molecule has 5 nitrogen and oxygen atoms in total. The van der Waals surface area contributed by atoms with Crippen molar-refractivity contribution in [2.45, 2.75) is 25.9 Å². The van der Waals surface area contributed by atoms with E-state index in [9.17, 15) is 0 Å². The van der Waals surface area contributed by atoms with Crippen LogP contribution in [0.2, 0.25) is 0 Å². The van der Waals surface area contributed by atoms with Gasteiger partial charge in [0.25, 0.3) is 0 Å². The third kappa shape index (κ3) is 4.79. The fourth-order valence-electron chi connectivity index (χ4n) is 2.18. The van der Waals surface area contributed by atoms with E-state index in [2.05, 4.69) is 14.9 Å². The van der Waals surface area contributed by atoms with E-state index in [0.29, 0.717) is 0 Å². The Labute approximate surface area is 125 Å². The third-order valence-corrected chi connectivity index (χ3v) is 3.39. The van der Waals surface area contributed by atoms with Crippen molar-refractivity contribution in [1.82, 2.24) is 14.9 Å². The van der Waals surface area contributed by atoms with Crippen molar-refractivity contribution >= 4 is 0 Å². The van der Waals surface area contributed by atoms with Crippen molar-refractivity contribution in [3.63, 3.8) is 0 Å². The van der Waals surface area contributed by atoms with E-state index >= 15 is 0 Å². The molecule has 0 saturated heterocycles. The highest BCUT2D eigenvalue weighted by atomic mass is 16.5. The van der Waals surface area contributed by atoms with Gasteiger partial charge >= 0.3 is 0 Å². The van der Waals surface area contributed by atoms with Crippen LogP contribution in [0.5, 0.6) is 11.5 Å². The van der Waals surface area contributed by atoms with Gasteiger partial charge in [0.15, 0.2) is 0 Å². The number of aromatic nitrogens is 2. The topological polar surface area (TPSA) is 48.3 Å². The Bertz CT molecular complexity index is 526. The Hall–Kier alpha value is -2.01. The maximum Gasteiger partial charge on any atom is 0.127 e. The van der Waals surface area contributed by atoms with Crippen LogP contribution in [0.3, 0.4) is 0 Å². The van der Waals surface area contributed by atoms with Crippen LogP contribution in [-0.4, -0.2) is 30.3 Å². The molecule has 0 aliphatic carbocycles. The normalized spacial score (nSPS) is 10.6. The van der Waals surface area contributed by atoms with Gasteiger partial charge in [0.05, 0.1) is 20.5 Å². The molecule has 1 aromatic heterocycles. The van der Waals surface area contributed by atoms with E-state index in [-0.39, 0.29) is 0 Å². The van der Waals surface area contributed by atoms with E-state index in [0.717, 1.165) is 49.5 Å². The minimum absolute atomic E-state index is 0.804. The third-order valence-electron chi connectivity index (χ3n) is 3.39. The molecule has 1 heterocycles. The van der Waals surface area contributed by atoms with Crippen LogP contribution in [0.1, 0.15) is 18.4 Å². The van der Waals surface area contributed by atoms with Crippen LogP contribution in [0, 0.1) is 0 Å². The summed E-state index contributed by atoms with van der Waals surface area (Å²) in [6.45, 7) is 2.82. The van der Waals surface area contributed by atoms with Gasteiger partial charge in [0, 0.05) is 37.1 Å².